The highest BCUT2D eigenvalue weighted by atomic mass is 32.2. The van der Waals surface area contributed by atoms with Crippen molar-refractivity contribution in [2.45, 2.75) is 30.8 Å². The summed E-state index contributed by atoms with van der Waals surface area (Å²) >= 11 is 1.40. The highest BCUT2D eigenvalue weighted by Gasteiger charge is 2.15. The molecule has 0 spiro atoms. The molecular weight excluding hydrogens is 279 g/mol. The Morgan fingerprint density at radius 2 is 2.15 bits per heavy atom. The van der Waals surface area contributed by atoms with E-state index in [1.54, 1.807) is 18.2 Å². The Labute approximate surface area is 121 Å². The van der Waals surface area contributed by atoms with Crippen molar-refractivity contribution in [1.82, 2.24) is 14.8 Å². The van der Waals surface area contributed by atoms with Crippen LogP contribution in [0.4, 0.5) is 10.3 Å². The number of benzene rings is 1. The van der Waals surface area contributed by atoms with Gasteiger partial charge in [-0.05, 0) is 19.9 Å². The van der Waals surface area contributed by atoms with Gasteiger partial charge in [-0.25, -0.2) is 4.39 Å². The zero-order valence-electron chi connectivity index (χ0n) is 11.6. The molecule has 1 aromatic carbocycles. The third-order valence-corrected chi connectivity index (χ3v) is 3.82. The number of rotatable bonds is 5. The van der Waals surface area contributed by atoms with E-state index < -0.39 is 0 Å². The summed E-state index contributed by atoms with van der Waals surface area (Å²) in [4.78, 5) is 0. The minimum Gasteiger partial charge on any atom is -0.494 e. The molecule has 7 heteroatoms. The van der Waals surface area contributed by atoms with Crippen molar-refractivity contribution in [3.8, 4) is 5.75 Å². The zero-order valence-corrected chi connectivity index (χ0v) is 12.4. The van der Waals surface area contributed by atoms with E-state index in [0.29, 0.717) is 22.4 Å². The molecule has 0 saturated carbocycles. The number of thioether (sulfide) groups is 1. The van der Waals surface area contributed by atoms with Crippen LogP contribution in [0.15, 0.2) is 23.4 Å². The van der Waals surface area contributed by atoms with Crippen LogP contribution >= 0.6 is 11.8 Å². The minimum atomic E-state index is -0.342. The smallest absolute Gasteiger partial charge is 0.222 e. The van der Waals surface area contributed by atoms with Crippen molar-refractivity contribution in [2.24, 2.45) is 0 Å². The molecule has 0 radical (unpaired) electrons. The van der Waals surface area contributed by atoms with Crippen molar-refractivity contribution < 1.29 is 9.13 Å². The van der Waals surface area contributed by atoms with E-state index >= 15 is 0 Å². The van der Waals surface area contributed by atoms with E-state index in [0.717, 1.165) is 0 Å². The molecule has 108 valence electrons. The van der Waals surface area contributed by atoms with Gasteiger partial charge in [0.2, 0.25) is 5.95 Å². The fraction of sp³-hybridized carbons (Fsp3) is 0.385. The molecule has 1 aromatic heterocycles. The lowest BCUT2D eigenvalue weighted by Crippen LogP contribution is -2.07. The molecule has 0 aliphatic carbocycles. The topological polar surface area (TPSA) is 66.0 Å². The molecule has 0 aliphatic heterocycles. The Kier molecular flexibility index (Phi) is 4.49. The predicted molar refractivity (Wildman–Crippen MR) is 77.3 cm³/mol. The van der Waals surface area contributed by atoms with Gasteiger partial charge >= 0.3 is 0 Å². The van der Waals surface area contributed by atoms with Gasteiger partial charge in [0.15, 0.2) is 16.7 Å². The van der Waals surface area contributed by atoms with Crippen LogP contribution in [0.3, 0.4) is 0 Å². The second-order valence-electron chi connectivity index (χ2n) is 4.53. The first kappa shape index (κ1) is 14.6. The number of nitrogen functional groups attached to an aromatic ring is 1. The van der Waals surface area contributed by atoms with Crippen LogP contribution in [0, 0.1) is 5.82 Å². The first-order valence-corrected chi connectivity index (χ1v) is 7.17. The number of nitrogens with two attached hydrogens (primary N) is 1. The first-order chi connectivity index (χ1) is 9.54. The quantitative estimate of drug-likeness (QED) is 0.859. The molecule has 0 unspecified atom stereocenters. The molecule has 2 rings (SSSR count). The molecule has 0 amide bonds. The van der Waals surface area contributed by atoms with Crippen LogP contribution in [0.25, 0.3) is 0 Å². The number of ether oxygens (including phenoxy) is 1. The van der Waals surface area contributed by atoms with Crippen LogP contribution in [0.1, 0.15) is 25.5 Å². The number of methoxy groups -OCH3 is 1. The monoisotopic (exact) mass is 296 g/mol. The standard InChI is InChI=1S/C13H17FN4OS/c1-8(2)18-12(15)16-17-13(18)20-7-9-5-4-6-10(19-3)11(9)14/h4-6,8H,7H2,1-3H3,(H2,15,16). The maximum atomic E-state index is 14.0. The summed E-state index contributed by atoms with van der Waals surface area (Å²) in [6.45, 7) is 3.99. The van der Waals surface area contributed by atoms with Crippen LogP contribution in [-0.4, -0.2) is 21.9 Å². The van der Waals surface area contributed by atoms with Crippen LogP contribution in [-0.2, 0) is 5.75 Å². The number of halogens is 1. The first-order valence-electron chi connectivity index (χ1n) is 6.19. The van der Waals surface area contributed by atoms with Crippen molar-refractivity contribution in [2.75, 3.05) is 12.8 Å². The van der Waals surface area contributed by atoms with Gasteiger partial charge in [-0.2, -0.15) is 0 Å². The highest BCUT2D eigenvalue weighted by Crippen LogP contribution is 2.29. The number of hydrogen-bond donors (Lipinski definition) is 1. The molecule has 2 aromatic rings. The molecule has 1 heterocycles. The van der Waals surface area contributed by atoms with E-state index in [9.17, 15) is 4.39 Å². The van der Waals surface area contributed by atoms with Gasteiger partial charge in [-0.3, -0.25) is 4.57 Å². The number of hydrogen-bond acceptors (Lipinski definition) is 5. The summed E-state index contributed by atoms with van der Waals surface area (Å²) in [5, 5.41) is 8.56. The fourth-order valence-corrected chi connectivity index (χ4v) is 2.89. The summed E-state index contributed by atoms with van der Waals surface area (Å²) in [5.41, 5.74) is 6.33. The summed E-state index contributed by atoms with van der Waals surface area (Å²) in [5.74, 6) is 0.709. The van der Waals surface area contributed by atoms with Gasteiger partial charge in [0, 0.05) is 17.4 Å². The third-order valence-electron chi connectivity index (χ3n) is 2.83. The number of aromatic nitrogens is 3. The summed E-state index contributed by atoms with van der Waals surface area (Å²) in [7, 11) is 1.45. The van der Waals surface area contributed by atoms with E-state index in [4.69, 9.17) is 10.5 Å². The molecule has 5 nitrogen and oxygen atoms in total. The van der Waals surface area contributed by atoms with E-state index in [-0.39, 0.29) is 17.6 Å². The summed E-state index contributed by atoms with van der Waals surface area (Å²) in [6, 6.07) is 5.24. The van der Waals surface area contributed by atoms with Gasteiger partial charge in [0.25, 0.3) is 0 Å². The van der Waals surface area contributed by atoms with Crippen molar-refractivity contribution in [3.05, 3.63) is 29.6 Å². The third kappa shape index (κ3) is 2.87. The Hall–Kier alpha value is -1.76. The van der Waals surface area contributed by atoms with Crippen molar-refractivity contribution >= 4 is 17.7 Å². The maximum Gasteiger partial charge on any atom is 0.222 e. The van der Waals surface area contributed by atoms with Crippen molar-refractivity contribution in [3.63, 3.8) is 0 Å². The second kappa shape index (κ2) is 6.13. The largest absolute Gasteiger partial charge is 0.494 e. The Morgan fingerprint density at radius 3 is 2.80 bits per heavy atom. The fourth-order valence-electron chi connectivity index (χ4n) is 1.84. The average Bonchev–Trinajstić information content (AvgIpc) is 2.79. The Balaban J connectivity index is 2.17. The van der Waals surface area contributed by atoms with Crippen LogP contribution < -0.4 is 10.5 Å². The number of anilines is 1. The molecule has 0 fully saturated rings. The van der Waals surface area contributed by atoms with Gasteiger partial charge in [0.1, 0.15) is 0 Å². The lowest BCUT2D eigenvalue weighted by Gasteiger charge is -2.11. The van der Waals surface area contributed by atoms with Crippen LogP contribution in [0.2, 0.25) is 0 Å². The lowest BCUT2D eigenvalue weighted by atomic mass is 10.2. The molecule has 0 aliphatic rings. The van der Waals surface area contributed by atoms with E-state index in [1.165, 1.54) is 18.9 Å². The molecule has 0 atom stereocenters. The Bertz CT molecular complexity index is 600. The summed E-state index contributed by atoms with van der Waals surface area (Å²) in [6.07, 6.45) is 0. The van der Waals surface area contributed by atoms with Crippen LogP contribution in [0.5, 0.6) is 5.75 Å². The van der Waals surface area contributed by atoms with Crippen molar-refractivity contribution in [1.29, 1.82) is 0 Å². The van der Waals surface area contributed by atoms with E-state index in [2.05, 4.69) is 10.2 Å². The molecule has 0 saturated heterocycles. The Morgan fingerprint density at radius 1 is 1.40 bits per heavy atom. The maximum absolute atomic E-state index is 14.0. The summed E-state index contributed by atoms with van der Waals surface area (Å²) < 4.78 is 20.8. The van der Waals surface area contributed by atoms with Gasteiger partial charge in [0.05, 0.1) is 7.11 Å². The molecule has 0 bridgehead atoms. The van der Waals surface area contributed by atoms with Gasteiger partial charge < -0.3 is 10.5 Å². The molecular formula is C13H17FN4OS. The molecule has 2 N–H and O–H groups in total. The van der Waals surface area contributed by atoms with Gasteiger partial charge in [-0.1, -0.05) is 23.9 Å². The zero-order chi connectivity index (χ0) is 14.7. The normalized spacial score (nSPS) is 11.1. The second-order valence-corrected chi connectivity index (χ2v) is 5.47. The highest BCUT2D eigenvalue weighted by molar-refractivity contribution is 7.98. The minimum absolute atomic E-state index is 0.155. The van der Waals surface area contributed by atoms with Gasteiger partial charge in [-0.15, -0.1) is 10.2 Å². The lowest BCUT2D eigenvalue weighted by molar-refractivity contribution is 0.385. The molecule has 20 heavy (non-hydrogen) atoms. The van der Waals surface area contributed by atoms with E-state index in [1.807, 2.05) is 18.4 Å². The SMILES string of the molecule is COc1cccc(CSc2nnc(N)n2C(C)C)c1F. The number of nitrogens with zero attached hydrogens (tertiary/aromatic N) is 3. The predicted octanol–water partition coefficient (Wildman–Crippen LogP) is 2.88. The average molecular weight is 296 g/mol.